The molecule has 5 rings (SSSR count). The molecule has 4 fully saturated rings. The van der Waals surface area contributed by atoms with E-state index in [2.05, 4.69) is 16.0 Å². The Morgan fingerprint density at radius 1 is 1.05 bits per heavy atom. The van der Waals surface area contributed by atoms with E-state index < -0.39 is 0 Å². The van der Waals surface area contributed by atoms with E-state index in [-0.39, 0.29) is 0 Å². The van der Waals surface area contributed by atoms with Gasteiger partial charge in [0.15, 0.2) is 0 Å². The van der Waals surface area contributed by atoms with Crippen molar-refractivity contribution in [1.82, 2.24) is 9.97 Å². The third-order valence-electron chi connectivity index (χ3n) is 5.54. The Balaban J connectivity index is 1.73. The third kappa shape index (κ3) is 1.77. The van der Waals surface area contributed by atoms with Crippen molar-refractivity contribution in [3.8, 4) is 6.07 Å². The lowest BCUT2D eigenvalue weighted by molar-refractivity contribution is -0.00424. The molecule has 1 heterocycles. The molecule has 0 N–H and O–H groups in total. The summed E-state index contributed by atoms with van der Waals surface area (Å²) in [5.74, 6) is 4.95. The number of hydrogen-bond acceptors (Lipinski definition) is 3. The van der Waals surface area contributed by atoms with Crippen molar-refractivity contribution in [3.63, 3.8) is 0 Å². The number of nitriles is 1. The SMILES string of the molecule is Cc1nc(C#N)cc(C2C3CC4CC(C3)CC2C4)n1. The maximum absolute atomic E-state index is 9.10. The Kier molecular flexibility index (Phi) is 2.42. The maximum atomic E-state index is 9.10. The molecule has 4 saturated carbocycles. The van der Waals surface area contributed by atoms with Crippen molar-refractivity contribution >= 4 is 0 Å². The van der Waals surface area contributed by atoms with Crippen LogP contribution in [0.15, 0.2) is 6.07 Å². The Labute approximate surface area is 114 Å². The molecule has 1 aromatic heterocycles. The van der Waals surface area contributed by atoms with Crippen LogP contribution in [0.25, 0.3) is 0 Å². The van der Waals surface area contributed by atoms with Gasteiger partial charge >= 0.3 is 0 Å². The van der Waals surface area contributed by atoms with E-state index in [0.29, 0.717) is 11.6 Å². The molecule has 3 heteroatoms. The van der Waals surface area contributed by atoms with Crippen molar-refractivity contribution in [2.45, 2.75) is 44.9 Å². The fraction of sp³-hybridized carbons (Fsp3) is 0.688. The highest BCUT2D eigenvalue weighted by Gasteiger charge is 2.49. The van der Waals surface area contributed by atoms with Gasteiger partial charge < -0.3 is 0 Å². The van der Waals surface area contributed by atoms with Crippen LogP contribution in [0.4, 0.5) is 0 Å². The minimum atomic E-state index is 0.538. The Bertz CT molecular complexity index is 530. The lowest BCUT2D eigenvalue weighted by atomic mass is 9.51. The van der Waals surface area contributed by atoms with Gasteiger partial charge in [-0.2, -0.15) is 5.26 Å². The summed E-state index contributed by atoms with van der Waals surface area (Å²) in [5.41, 5.74) is 1.69. The summed E-state index contributed by atoms with van der Waals surface area (Å²) in [6.07, 6.45) is 7.04. The highest BCUT2D eigenvalue weighted by Crippen LogP contribution is 2.59. The minimum Gasteiger partial charge on any atom is -0.238 e. The van der Waals surface area contributed by atoms with Crippen molar-refractivity contribution in [2.24, 2.45) is 23.7 Å². The lowest BCUT2D eigenvalue weighted by Gasteiger charge is -2.54. The summed E-state index contributed by atoms with van der Waals surface area (Å²) in [6, 6.07) is 4.12. The molecule has 0 spiro atoms. The lowest BCUT2D eigenvalue weighted by Crippen LogP contribution is -2.44. The average Bonchev–Trinajstić information content (AvgIpc) is 2.36. The van der Waals surface area contributed by atoms with Crippen molar-refractivity contribution in [3.05, 3.63) is 23.3 Å². The molecule has 0 saturated heterocycles. The van der Waals surface area contributed by atoms with E-state index >= 15 is 0 Å². The summed E-state index contributed by atoms with van der Waals surface area (Å²) < 4.78 is 0. The first-order chi connectivity index (χ1) is 9.22. The number of nitrogens with zero attached hydrogens (tertiary/aromatic N) is 3. The second-order valence-electron chi connectivity index (χ2n) is 6.79. The molecule has 0 aliphatic heterocycles. The first kappa shape index (κ1) is 11.4. The molecule has 0 amide bonds. The number of aromatic nitrogens is 2. The fourth-order valence-electron chi connectivity index (χ4n) is 5.23. The van der Waals surface area contributed by atoms with Crippen LogP contribution in [0.1, 0.15) is 55.2 Å². The summed E-state index contributed by atoms with van der Waals surface area (Å²) in [7, 11) is 0. The third-order valence-corrected chi connectivity index (χ3v) is 5.54. The Morgan fingerprint density at radius 2 is 1.68 bits per heavy atom. The molecule has 4 bridgehead atoms. The van der Waals surface area contributed by atoms with Crippen LogP contribution >= 0.6 is 0 Å². The van der Waals surface area contributed by atoms with Gasteiger partial charge in [-0.1, -0.05) is 0 Å². The van der Waals surface area contributed by atoms with Gasteiger partial charge in [0.05, 0.1) is 0 Å². The van der Waals surface area contributed by atoms with Crippen LogP contribution in [0.5, 0.6) is 0 Å². The molecule has 4 aliphatic carbocycles. The normalized spacial score (nSPS) is 39.3. The second-order valence-corrected chi connectivity index (χ2v) is 6.79. The van der Waals surface area contributed by atoms with E-state index in [9.17, 15) is 0 Å². The highest BCUT2D eigenvalue weighted by atomic mass is 14.9. The van der Waals surface area contributed by atoms with Crippen LogP contribution < -0.4 is 0 Å². The van der Waals surface area contributed by atoms with E-state index in [4.69, 9.17) is 5.26 Å². The molecule has 3 nitrogen and oxygen atoms in total. The van der Waals surface area contributed by atoms with Crippen LogP contribution in [-0.2, 0) is 0 Å². The zero-order valence-electron chi connectivity index (χ0n) is 11.3. The standard InChI is InChI=1S/C16H19N3/c1-9-18-14(8-17)7-15(19-9)16-12-3-10-2-11(5-12)6-13(16)4-10/h7,10-13,16H,2-6H2,1H3. The molecular weight excluding hydrogens is 234 g/mol. The summed E-state index contributed by atoms with van der Waals surface area (Å²) >= 11 is 0. The number of rotatable bonds is 1. The molecular formula is C16H19N3. The first-order valence-electron chi connectivity index (χ1n) is 7.48. The molecule has 0 radical (unpaired) electrons. The van der Waals surface area contributed by atoms with Crippen LogP contribution in [0.2, 0.25) is 0 Å². The maximum Gasteiger partial charge on any atom is 0.144 e. The Morgan fingerprint density at radius 3 is 2.26 bits per heavy atom. The highest BCUT2D eigenvalue weighted by molar-refractivity contribution is 5.27. The molecule has 1 aromatic rings. The van der Waals surface area contributed by atoms with Crippen molar-refractivity contribution < 1.29 is 0 Å². The smallest absolute Gasteiger partial charge is 0.144 e. The topological polar surface area (TPSA) is 49.6 Å². The van der Waals surface area contributed by atoms with Gasteiger partial charge in [0, 0.05) is 11.6 Å². The first-order valence-corrected chi connectivity index (χ1v) is 7.48. The van der Waals surface area contributed by atoms with E-state index in [1.807, 2.05) is 13.0 Å². The van der Waals surface area contributed by atoms with Crippen molar-refractivity contribution in [2.75, 3.05) is 0 Å². The van der Waals surface area contributed by atoms with Gasteiger partial charge in [-0.15, -0.1) is 0 Å². The molecule has 19 heavy (non-hydrogen) atoms. The molecule has 98 valence electrons. The van der Waals surface area contributed by atoms with E-state index in [1.54, 1.807) is 0 Å². The largest absolute Gasteiger partial charge is 0.238 e. The van der Waals surface area contributed by atoms with Crippen molar-refractivity contribution in [1.29, 1.82) is 5.26 Å². The minimum absolute atomic E-state index is 0.538. The summed E-state index contributed by atoms with van der Waals surface area (Å²) in [6.45, 7) is 1.90. The summed E-state index contributed by atoms with van der Waals surface area (Å²) in [4.78, 5) is 8.86. The molecule has 0 atom stereocenters. The zero-order chi connectivity index (χ0) is 13.0. The van der Waals surface area contributed by atoms with Crippen LogP contribution in [0, 0.1) is 41.9 Å². The quantitative estimate of drug-likeness (QED) is 0.772. The van der Waals surface area contributed by atoms with Gasteiger partial charge in [-0.05, 0) is 68.8 Å². The second kappa shape index (κ2) is 4.03. The van der Waals surface area contributed by atoms with E-state index in [0.717, 1.165) is 35.2 Å². The van der Waals surface area contributed by atoms with Gasteiger partial charge in [0.1, 0.15) is 17.6 Å². The average molecular weight is 253 g/mol. The van der Waals surface area contributed by atoms with Gasteiger partial charge in [-0.3, -0.25) is 0 Å². The number of hydrogen-bond donors (Lipinski definition) is 0. The van der Waals surface area contributed by atoms with Gasteiger partial charge in [-0.25, -0.2) is 9.97 Å². The molecule has 0 unspecified atom stereocenters. The summed E-state index contributed by atoms with van der Waals surface area (Å²) in [5, 5.41) is 9.10. The monoisotopic (exact) mass is 253 g/mol. The Hall–Kier alpha value is -1.43. The predicted octanol–water partition coefficient (Wildman–Crippen LogP) is 3.20. The molecule has 4 aliphatic rings. The van der Waals surface area contributed by atoms with Gasteiger partial charge in [0.25, 0.3) is 0 Å². The molecule has 0 aromatic carbocycles. The fourth-order valence-corrected chi connectivity index (χ4v) is 5.23. The number of aryl methyl sites for hydroxylation is 1. The predicted molar refractivity (Wildman–Crippen MR) is 71.3 cm³/mol. The zero-order valence-corrected chi connectivity index (χ0v) is 11.3. The van der Waals surface area contributed by atoms with Crippen LogP contribution in [0.3, 0.4) is 0 Å². The van der Waals surface area contributed by atoms with Crippen LogP contribution in [-0.4, -0.2) is 9.97 Å². The van der Waals surface area contributed by atoms with E-state index in [1.165, 1.54) is 32.1 Å². The van der Waals surface area contributed by atoms with Gasteiger partial charge in [0.2, 0.25) is 0 Å².